The zero-order chi connectivity index (χ0) is 9.47. The minimum absolute atomic E-state index is 0.0887. The van der Waals surface area contributed by atoms with E-state index in [0.29, 0.717) is 25.8 Å². The number of carbonyl (C=O) groups excluding carboxylic acids is 2. The van der Waals surface area contributed by atoms with Gasteiger partial charge >= 0.3 is 0 Å². The van der Waals surface area contributed by atoms with E-state index in [0.717, 1.165) is 12.8 Å². The molecule has 0 atom stereocenters. The molecule has 1 aliphatic carbocycles. The Hall–Kier alpha value is -0.900. The molecular weight excluding hydrogens is 170 g/mol. The number of likely N-dealkylation sites (tertiary alicyclic amines) is 1. The van der Waals surface area contributed by atoms with E-state index in [-0.39, 0.29) is 11.8 Å². The largest absolute Gasteiger partial charge is 0.390 e. The Morgan fingerprint density at radius 2 is 1.77 bits per heavy atom. The second-order valence-electron chi connectivity index (χ2n) is 3.91. The molecule has 0 unspecified atom stereocenters. The van der Waals surface area contributed by atoms with Gasteiger partial charge in [-0.1, -0.05) is 0 Å². The Morgan fingerprint density at radius 1 is 1.23 bits per heavy atom. The van der Waals surface area contributed by atoms with Crippen LogP contribution in [0.4, 0.5) is 0 Å². The fourth-order valence-corrected chi connectivity index (χ4v) is 1.59. The van der Waals surface area contributed by atoms with Gasteiger partial charge in [0.2, 0.25) is 11.8 Å². The Kier molecular flexibility index (Phi) is 1.87. The van der Waals surface area contributed by atoms with Crippen LogP contribution in [0.3, 0.4) is 0 Å². The van der Waals surface area contributed by atoms with Gasteiger partial charge in [0, 0.05) is 19.4 Å². The van der Waals surface area contributed by atoms with Crippen molar-refractivity contribution >= 4 is 11.8 Å². The summed E-state index contributed by atoms with van der Waals surface area (Å²) < 4.78 is 0. The predicted molar refractivity (Wildman–Crippen MR) is 44.8 cm³/mol. The van der Waals surface area contributed by atoms with Gasteiger partial charge in [0.25, 0.3) is 0 Å². The SMILES string of the molecule is O=C1CCC(=O)N1CCC1(O)CC1. The van der Waals surface area contributed by atoms with Crippen LogP contribution in [0.2, 0.25) is 0 Å². The third kappa shape index (κ3) is 1.72. The fourth-order valence-electron chi connectivity index (χ4n) is 1.59. The minimum Gasteiger partial charge on any atom is -0.390 e. The summed E-state index contributed by atoms with van der Waals surface area (Å²) in [4.78, 5) is 23.6. The molecule has 0 aromatic heterocycles. The number of carbonyl (C=O) groups is 2. The summed E-state index contributed by atoms with van der Waals surface area (Å²) in [6.07, 6.45) is 2.85. The number of aliphatic hydroxyl groups is 1. The van der Waals surface area contributed by atoms with E-state index in [9.17, 15) is 14.7 Å². The first-order valence-electron chi connectivity index (χ1n) is 4.66. The number of imide groups is 1. The highest BCUT2D eigenvalue weighted by atomic mass is 16.3. The van der Waals surface area contributed by atoms with E-state index in [2.05, 4.69) is 0 Å². The average molecular weight is 183 g/mol. The maximum atomic E-state index is 11.1. The van der Waals surface area contributed by atoms with Gasteiger partial charge in [-0.15, -0.1) is 0 Å². The molecule has 0 bridgehead atoms. The number of nitrogens with zero attached hydrogens (tertiary/aromatic N) is 1. The van der Waals surface area contributed by atoms with Crippen LogP contribution in [0.1, 0.15) is 32.1 Å². The number of hydrogen-bond acceptors (Lipinski definition) is 3. The second-order valence-corrected chi connectivity index (χ2v) is 3.91. The molecule has 0 radical (unpaired) electrons. The molecule has 1 heterocycles. The molecule has 1 saturated heterocycles. The summed E-state index contributed by atoms with van der Waals surface area (Å²) in [5.41, 5.74) is -0.566. The van der Waals surface area contributed by atoms with E-state index in [1.54, 1.807) is 0 Å². The van der Waals surface area contributed by atoms with E-state index in [1.807, 2.05) is 0 Å². The first-order valence-corrected chi connectivity index (χ1v) is 4.66. The molecular formula is C9H13NO3. The van der Waals surface area contributed by atoms with Crippen LogP contribution in [-0.2, 0) is 9.59 Å². The second kappa shape index (κ2) is 2.80. The highest BCUT2D eigenvalue weighted by Crippen LogP contribution is 2.38. The van der Waals surface area contributed by atoms with Crippen LogP contribution in [0, 0.1) is 0 Å². The molecule has 4 nitrogen and oxygen atoms in total. The third-order valence-corrected chi connectivity index (χ3v) is 2.78. The quantitative estimate of drug-likeness (QED) is 0.629. The van der Waals surface area contributed by atoms with Gasteiger partial charge in [-0.25, -0.2) is 0 Å². The van der Waals surface area contributed by atoms with Gasteiger partial charge in [-0.05, 0) is 19.3 Å². The van der Waals surface area contributed by atoms with Crippen LogP contribution < -0.4 is 0 Å². The summed E-state index contributed by atoms with van der Waals surface area (Å²) in [5.74, 6) is -0.177. The average Bonchev–Trinajstić information content (AvgIpc) is 2.72. The molecule has 2 fully saturated rings. The van der Waals surface area contributed by atoms with E-state index in [4.69, 9.17) is 0 Å². The zero-order valence-electron chi connectivity index (χ0n) is 7.45. The smallest absolute Gasteiger partial charge is 0.229 e. The lowest BCUT2D eigenvalue weighted by Crippen LogP contribution is -2.32. The molecule has 2 aliphatic rings. The maximum absolute atomic E-state index is 11.1. The van der Waals surface area contributed by atoms with E-state index < -0.39 is 5.60 Å². The summed E-state index contributed by atoms with van der Waals surface area (Å²) in [7, 11) is 0. The summed E-state index contributed by atoms with van der Waals surface area (Å²) in [5, 5.41) is 9.51. The lowest BCUT2D eigenvalue weighted by atomic mass is 10.2. The number of hydrogen-bond donors (Lipinski definition) is 1. The van der Waals surface area contributed by atoms with Crippen LogP contribution in [0.15, 0.2) is 0 Å². The summed E-state index contributed by atoms with van der Waals surface area (Å²) in [6.45, 7) is 0.397. The van der Waals surface area contributed by atoms with Gasteiger partial charge in [0.05, 0.1) is 5.60 Å². The van der Waals surface area contributed by atoms with Gasteiger partial charge < -0.3 is 5.11 Å². The standard InChI is InChI=1S/C9H13NO3/c11-7-1-2-8(12)10(7)6-5-9(13)3-4-9/h13H,1-6H2. The minimum atomic E-state index is -0.566. The fraction of sp³-hybridized carbons (Fsp3) is 0.778. The predicted octanol–water partition coefficient (Wildman–Crippen LogP) is 0.0504. The van der Waals surface area contributed by atoms with Crippen LogP contribution >= 0.6 is 0 Å². The molecule has 2 amide bonds. The Balaban J connectivity index is 1.86. The zero-order valence-corrected chi connectivity index (χ0v) is 7.45. The number of rotatable bonds is 3. The van der Waals surface area contributed by atoms with Gasteiger partial charge in [-0.3, -0.25) is 14.5 Å². The van der Waals surface area contributed by atoms with Crippen molar-refractivity contribution in [3.05, 3.63) is 0 Å². The molecule has 0 aromatic rings. The van der Waals surface area contributed by atoms with E-state index >= 15 is 0 Å². The van der Waals surface area contributed by atoms with Crippen molar-refractivity contribution in [2.45, 2.75) is 37.7 Å². The Labute approximate surface area is 76.5 Å². The topological polar surface area (TPSA) is 57.6 Å². The van der Waals surface area contributed by atoms with Crippen molar-refractivity contribution in [2.75, 3.05) is 6.54 Å². The third-order valence-electron chi connectivity index (χ3n) is 2.78. The monoisotopic (exact) mass is 183 g/mol. The molecule has 1 aliphatic heterocycles. The Morgan fingerprint density at radius 3 is 2.23 bits per heavy atom. The van der Waals surface area contributed by atoms with Gasteiger partial charge in [0.15, 0.2) is 0 Å². The van der Waals surface area contributed by atoms with Gasteiger partial charge in [0.1, 0.15) is 0 Å². The molecule has 1 N–H and O–H groups in total. The van der Waals surface area contributed by atoms with Crippen LogP contribution in [0.25, 0.3) is 0 Å². The summed E-state index contributed by atoms with van der Waals surface area (Å²) >= 11 is 0. The number of amides is 2. The van der Waals surface area contributed by atoms with E-state index in [1.165, 1.54) is 4.90 Å². The first-order chi connectivity index (χ1) is 6.11. The molecule has 1 saturated carbocycles. The summed E-state index contributed by atoms with van der Waals surface area (Å²) in [6, 6.07) is 0. The van der Waals surface area contributed by atoms with Crippen molar-refractivity contribution in [3.63, 3.8) is 0 Å². The lowest BCUT2D eigenvalue weighted by Gasteiger charge is -2.15. The molecule has 0 aromatic carbocycles. The normalized spacial score (nSPS) is 25.5. The van der Waals surface area contributed by atoms with Crippen LogP contribution in [-0.4, -0.2) is 34.0 Å². The maximum Gasteiger partial charge on any atom is 0.229 e. The van der Waals surface area contributed by atoms with Crippen molar-refractivity contribution in [2.24, 2.45) is 0 Å². The van der Waals surface area contributed by atoms with Crippen molar-refractivity contribution in [3.8, 4) is 0 Å². The molecule has 0 spiro atoms. The lowest BCUT2D eigenvalue weighted by molar-refractivity contribution is -0.138. The first kappa shape index (κ1) is 8.69. The van der Waals surface area contributed by atoms with Crippen molar-refractivity contribution in [1.82, 2.24) is 4.90 Å². The van der Waals surface area contributed by atoms with Crippen molar-refractivity contribution < 1.29 is 14.7 Å². The Bertz CT molecular complexity index is 242. The molecule has 4 heteroatoms. The molecule has 13 heavy (non-hydrogen) atoms. The highest BCUT2D eigenvalue weighted by Gasteiger charge is 2.41. The van der Waals surface area contributed by atoms with Crippen LogP contribution in [0.5, 0.6) is 0 Å². The molecule has 72 valence electrons. The van der Waals surface area contributed by atoms with Crippen molar-refractivity contribution in [1.29, 1.82) is 0 Å². The molecule has 2 rings (SSSR count). The highest BCUT2D eigenvalue weighted by molar-refractivity contribution is 6.01. The van der Waals surface area contributed by atoms with Gasteiger partial charge in [-0.2, -0.15) is 0 Å².